The molecular weight excluding hydrogens is 304 g/mol. The highest BCUT2D eigenvalue weighted by atomic mass is 16.2. The highest BCUT2D eigenvalue weighted by Crippen LogP contribution is 2.43. The lowest BCUT2D eigenvalue weighted by molar-refractivity contribution is -0.118. The molecule has 1 saturated heterocycles. The number of urea groups is 1. The first-order chi connectivity index (χ1) is 11.5. The predicted molar refractivity (Wildman–Crippen MR) is 92.3 cm³/mol. The van der Waals surface area contributed by atoms with Crippen LogP contribution < -0.4 is 16.4 Å². The second kappa shape index (κ2) is 6.43. The quantitative estimate of drug-likeness (QED) is 0.761. The molecule has 1 spiro atoms. The summed E-state index contributed by atoms with van der Waals surface area (Å²) in [5.74, 6) is -0.468. The molecule has 130 valence electrons. The molecule has 1 aliphatic carbocycles. The van der Waals surface area contributed by atoms with Crippen molar-refractivity contribution in [3.05, 3.63) is 35.9 Å². The van der Waals surface area contributed by atoms with Gasteiger partial charge in [0.1, 0.15) is 6.54 Å². The number of hydrogen-bond acceptors (Lipinski definition) is 3. The van der Waals surface area contributed by atoms with Crippen molar-refractivity contribution in [3.8, 4) is 0 Å². The van der Waals surface area contributed by atoms with Crippen LogP contribution in [0.25, 0.3) is 0 Å². The first kappa shape index (κ1) is 16.8. The Morgan fingerprint density at radius 1 is 1.25 bits per heavy atom. The molecular formula is C18H26N4O2. The van der Waals surface area contributed by atoms with Gasteiger partial charge < -0.3 is 21.3 Å². The Morgan fingerprint density at radius 3 is 2.50 bits per heavy atom. The summed E-state index contributed by atoms with van der Waals surface area (Å²) in [6.45, 7) is 3.58. The van der Waals surface area contributed by atoms with Gasteiger partial charge in [-0.2, -0.15) is 0 Å². The van der Waals surface area contributed by atoms with Gasteiger partial charge in [0, 0.05) is 12.1 Å². The number of primary amides is 1. The number of nitrogens with two attached hydrogens (primary N) is 1. The number of amides is 3. The fourth-order valence-corrected chi connectivity index (χ4v) is 4.20. The third kappa shape index (κ3) is 3.11. The van der Waals surface area contributed by atoms with E-state index in [1.165, 1.54) is 10.5 Å². The van der Waals surface area contributed by atoms with Gasteiger partial charge in [0.25, 0.3) is 0 Å². The molecule has 0 bridgehead atoms. The zero-order valence-electron chi connectivity index (χ0n) is 14.2. The van der Waals surface area contributed by atoms with E-state index in [9.17, 15) is 9.59 Å². The van der Waals surface area contributed by atoms with Gasteiger partial charge in [-0.15, -0.1) is 0 Å². The van der Waals surface area contributed by atoms with Crippen LogP contribution in [0.15, 0.2) is 30.3 Å². The summed E-state index contributed by atoms with van der Waals surface area (Å²) >= 11 is 0. The maximum atomic E-state index is 12.1. The van der Waals surface area contributed by atoms with Gasteiger partial charge in [-0.05, 0) is 37.8 Å². The minimum Gasteiger partial charge on any atom is -0.368 e. The Kier molecular flexibility index (Phi) is 4.49. The summed E-state index contributed by atoms with van der Waals surface area (Å²) in [7, 11) is 0. The molecule has 1 aromatic carbocycles. The molecule has 4 N–H and O–H groups in total. The Labute approximate surface area is 142 Å². The highest BCUT2D eigenvalue weighted by Gasteiger charge is 2.49. The van der Waals surface area contributed by atoms with Crippen LogP contribution in [0.3, 0.4) is 0 Å². The second-order valence-electron chi connectivity index (χ2n) is 7.01. The molecule has 2 fully saturated rings. The van der Waals surface area contributed by atoms with Crippen LogP contribution in [0.4, 0.5) is 4.79 Å². The van der Waals surface area contributed by atoms with Crippen molar-refractivity contribution in [1.29, 1.82) is 0 Å². The molecule has 1 saturated carbocycles. The molecule has 6 nitrogen and oxygen atoms in total. The minimum absolute atomic E-state index is 0.00930. The Bertz CT molecular complexity index is 609. The summed E-state index contributed by atoms with van der Waals surface area (Å²) in [6, 6.07) is 10.4. The van der Waals surface area contributed by atoms with Crippen molar-refractivity contribution in [1.82, 2.24) is 15.5 Å². The molecule has 0 radical (unpaired) electrons. The average Bonchev–Trinajstić information content (AvgIpc) is 2.86. The summed E-state index contributed by atoms with van der Waals surface area (Å²) in [6.07, 6.45) is 3.68. The van der Waals surface area contributed by atoms with E-state index >= 15 is 0 Å². The molecule has 6 heteroatoms. The van der Waals surface area contributed by atoms with Crippen molar-refractivity contribution in [2.24, 2.45) is 5.73 Å². The summed E-state index contributed by atoms with van der Waals surface area (Å²) in [5, 5.41) is 6.78. The van der Waals surface area contributed by atoms with E-state index in [1.807, 2.05) is 6.07 Å². The largest absolute Gasteiger partial charge is 0.368 e. The van der Waals surface area contributed by atoms with Gasteiger partial charge in [-0.3, -0.25) is 4.79 Å². The lowest BCUT2D eigenvalue weighted by Crippen LogP contribution is -2.54. The zero-order chi connectivity index (χ0) is 17.2. The molecule has 2 aliphatic rings. The number of rotatable bonds is 5. The molecule has 24 heavy (non-hydrogen) atoms. The first-order valence-electron chi connectivity index (χ1n) is 8.65. The highest BCUT2D eigenvalue weighted by molar-refractivity contribution is 5.84. The smallest absolute Gasteiger partial charge is 0.318 e. The van der Waals surface area contributed by atoms with E-state index in [2.05, 4.69) is 41.8 Å². The fourth-order valence-electron chi connectivity index (χ4n) is 4.20. The lowest BCUT2D eigenvalue weighted by atomic mass is 9.69. The minimum atomic E-state index is -0.468. The van der Waals surface area contributed by atoms with Crippen molar-refractivity contribution < 1.29 is 9.59 Å². The third-order valence-electron chi connectivity index (χ3n) is 5.40. The number of carbonyl (C=O) groups excluding carboxylic acids is 2. The standard InChI is InChI=1S/C18H26N4O2/c1-2-20-18(14-6-4-3-5-7-14)10-8-17(9-11-18)13-22(12-15(19)23)16(24)21-17/h3-7,20H,2,8-13H2,1H3,(H2,19,23)(H,21,24). The van der Waals surface area contributed by atoms with Crippen molar-refractivity contribution in [2.75, 3.05) is 19.6 Å². The molecule has 3 rings (SSSR count). The number of nitrogens with one attached hydrogen (secondary N) is 2. The van der Waals surface area contributed by atoms with Crippen LogP contribution >= 0.6 is 0 Å². The molecule has 0 atom stereocenters. The fraction of sp³-hybridized carbons (Fsp3) is 0.556. The van der Waals surface area contributed by atoms with Crippen LogP contribution in [0.5, 0.6) is 0 Å². The van der Waals surface area contributed by atoms with Crippen LogP contribution in [0.1, 0.15) is 38.2 Å². The van der Waals surface area contributed by atoms with Crippen molar-refractivity contribution >= 4 is 11.9 Å². The van der Waals surface area contributed by atoms with E-state index in [0.717, 1.165) is 32.2 Å². The summed E-state index contributed by atoms with van der Waals surface area (Å²) in [5.41, 5.74) is 6.27. The Hall–Kier alpha value is -2.08. The topological polar surface area (TPSA) is 87.5 Å². The van der Waals surface area contributed by atoms with Gasteiger partial charge in [0.2, 0.25) is 5.91 Å². The molecule has 0 unspecified atom stereocenters. The van der Waals surface area contributed by atoms with Gasteiger partial charge in [-0.1, -0.05) is 37.3 Å². The zero-order valence-corrected chi connectivity index (χ0v) is 14.2. The number of benzene rings is 1. The normalized spacial score (nSPS) is 29.7. The lowest BCUT2D eigenvalue weighted by Gasteiger charge is -2.45. The van der Waals surface area contributed by atoms with Crippen LogP contribution in [0.2, 0.25) is 0 Å². The van der Waals surface area contributed by atoms with Crippen LogP contribution in [0, 0.1) is 0 Å². The molecule has 3 amide bonds. The number of carbonyl (C=O) groups is 2. The molecule has 0 aromatic heterocycles. The molecule has 1 aliphatic heterocycles. The van der Waals surface area contributed by atoms with Crippen molar-refractivity contribution in [2.45, 2.75) is 43.7 Å². The Morgan fingerprint density at radius 2 is 1.92 bits per heavy atom. The monoisotopic (exact) mass is 330 g/mol. The Balaban J connectivity index is 1.74. The average molecular weight is 330 g/mol. The first-order valence-corrected chi connectivity index (χ1v) is 8.65. The van der Waals surface area contributed by atoms with E-state index < -0.39 is 5.91 Å². The van der Waals surface area contributed by atoms with Gasteiger partial charge in [0.15, 0.2) is 0 Å². The number of nitrogens with zero attached hydrogens (tertiary/aromatic N) is 1. The van der Waals surface area contributed by atoms with E-state index in [1.54, 1.807) is 0 Å². The van der Waals surface area contributed by atoms with Gasteiger partial charge in [-0.25, -0.2) is 4.79 Å². The van der Waals surface area contributed by atoms with E-state index in [4.69, 9.17) is 5.73 Å². The maximum absolute atomic E-state index is 12.1. The second-order valence-corrected chi connectivity index (χ2v) is 7.01. The SMILES string of the molecule is CCNC1(c2ccccc2)CCC2(CC1)CN(CC(N)=O)C(=O)N2. The van der Waals surface area contributed by atoms with E-state index in [0.29, 0.717) is 6.54 Å². The number of hydrogen-bond donors (Lipinski definition) is 3. The summed E-state index contributed by atoms with van der Waals surface area (Å²) in [4.78, 5) is 24.8. The van der Waals surface area contributed by atoms with Crippen LogP contribution in [-0.2, 0) is 10.3 Å². The molecule has 1 aromatic rings. The summed E-state index contributed by atoms with van der Waals surface area (Å²) < 4.78 is 0. The van der Waals surface area contributed by atoms with E-state index in [-0.39, 0.29) is 23.7 Å². The third-order valence-corrected chi connectivity index (χ3v) is 5.40. The van der Waals surface area contributed by atoms with Gasteiger partial charge >= 0.3 is 6.03 Å². The maximum Gasteiger partial charge on any atom is 0.318 e. The predicted octanol–water partition coefficient (Wildman–Crippen LogP) is 1.31. The van der Waals surface area contributed by atoms with Crippen LogP contribution in [-0.4, -0.2) is 42.0 Å². The van der Waals surface area contributed by atoms with Crippen molar-refractivity contribution in [3.63, 3.8) is 0 Å². The molecule has 1 heterocycles. The van der Waals surface area contributed by atoms with Gasteiger partial charge in [0.05, 0.1) is 5.54 Å².